The van der Waals surface area contributed by atoms with Gasteiger partial charge in [0.1, 0.15) is 5.82 Å². The molecule has 1 aromatic heterocycles. The number of nitrogens with one attached hydrogen (secondary N) is 1. The van der Waals surface area contributed by atoms with Crippen LogP contribution in [0.5, 0.6) is 0 Å². The minimum Gasteiger partial charge on any atom is -0.365 e. The molecular formula is C10H14F3N3O2S. The first-order valence-electron chi connectivity index (χ1n) is 5.20. The van der Waals surface area contributed by atoms with E-state index in [9.17, 15) is 13.2 Å². The molecule has 0 saturated heterocycles. The van der Waals surface area contributed by atoms with Crippen molar-refractivity contribution in [2.24, 2.45) is 0 Å². The molecule has 1 N–H and O–H groups in total. The summed E-state index contributed by atoms with van der Waals surface area (Å²) in [5.41, 5.74) is -0.985. The average molecular weight is 297 g/mol. The number of methoxy groups -OCH3 is 2. The lowest BCUT2D eigenvalue weighted by Crippen LogP contribution is -2.24. The van der Waals surface area contributed by atoms with E-state index in [0.717, 1.165) is 17.8 Å². The summed E-state index contributed by atoms with van der Waals surface area (Å²) in [5.74, 6) is 0.0748. The van der Waals surface area contributed by atoms with Crippen molar-refractivity contribution < 1.29 is 22.6 Å². The lowest BCUT2D eigenvalue weighted by molar-refractivity contribution is -0.141. The molecule has 1 aromatic rings. The summed E-state index contributed by atoms with van der Waals surface area (Å²) in [6.45, 7) is 0.176. The molecule has 0 saturated carbocycles. The number of ether oxygens (including phenoxy) is 2. The fraction of sp³-hybridized carbons (Fsp3) is 0.600. The van der Waals surface area contributed by atoms with E-state index in [0.29, 0.717) is 0 Å². The van der Waals surface area contributed by atoms with Crippen LogP contribution < -0.4 is 5.32 Å². The third kappa shape index (κ3) is 4.84. The number of alkyl halides is 3. The smallest absolute Gasteiger partial charge is 0.365 e. The van der Waals surface area contributed by atoms with Gasteiger partial charge in [0.05, 0.1) is 6.54 Å². The Morgan fingerprint density at radius 2 is 1.95 bits per heavy atom. The fourth-order valence-corrected chi connectivity index (χ4v) is 1.58. The minimum absolute atomic E-state index is 0.0451. The van der Waals surface area contributed by atoms with Crippen LogP contribution in [0.1, 0.15) is 5.69 Å². The quantitative estimate of drug-likeness (QED) is 0.494. The van der Waals surface area contributed by atoms with Gasteiger partial charge in [0, 0.05) is 20.3 Å². The molecular weight excluding hydrogens is 283 g/mol. The highest BCUT2D eigenvalue weighted by Crippen LogP contribution is 2.30. The Labute approximate surface area is 112 Å². The van der Waals surface area contributed by atoms with Gasteiger partial charge in [-0.3, -0.25) is 0 Å². The van der Waals surface area contributed by atoms with Crippen molar-refractivity contribution >= 4 is 17.6 Å². The molecule has 1 rings (SSSR count). The fourth-order valence-electron chi connectivity index (χ4n) is 1.20. The van der Waals surface area contributed by atoms with E-state index in [2.05, 4.69) is 15.3 Å². The number of nitrogens with zero attached hydrogens (tertiary/aromatic N) is 2. The van der Waals surface area contributed by atoms with Crippen LogP contribution in [0.15, 0.2) is 11.2 Å². The minimum atomic E-state index is -4.51. The first kappa shape index (κ1) is 16.0. The van der Waals surface area contributed by atoms with E-state index >= 15 is 0 Å². The zero-order valence-electron chi connectivity index (χ0n) is 10.6. The van der Waals surface area contributed by atoms with Gasteiger partial charge in [-0.05, 0) is 6.26 Å². The third-order valence-electron chi connectivity index (χ3n) is 2.15. The number of halogens is 3. The number of rotatable bonds is 6. The highest BCUT2D eigenvalue weighted by atomic mass is 32.2. The highest BCUT2D eigenvalue weighted by Gasteiger charge is 2.33. The molecule has 0 aromatic carbocycles. The largest absolute Gasteiger partial charge is 0.433 e. The molecule has 0 aliphatic carbocycles. The van der Waals surface area contributed by atoms with E-state index in [1.807, 2.05) is 0 Å². The molecule has 0 aliphatic rings. The molecule has 0 unspecified atom stereocenters. The summed E-state index contributed by atoms with van der Waals surface area (Å²) in [6, 6.07) is 0.849. The first-order chi connectivity index (χ1) is 8.90. The van der Waals surface area contributed by atoms with Crippen molar-refractivity contribution in [2.45, 2.75) is 17.6 Å². The Morgan fingerprint density at radius 3 is 2.42 bits per heavy atom. The van der Waals surface area contributed by atoms with Crippen LogP contribution in [0.2, 0.25) is 0 Å². The number of thioether (sulfide) groups is 1. The second-order valence-electron chi connectivity index (χ2n) is 3.40. The van der Waals surface area contributed by atoms with Crippen molar-refractivity contribution in [3.05, 3.63) is 11.8 Å². The monoisotopic (exact) mass is 297 g/mol. The van der Waals surface area contributed by atoms with Crippen molar-refractivity contribution in [3.63, 3.8) is 0 Å². The van der Waals surface area contributed by atoms with Crippen LogP contribution in [0.4, 0.5) is 19.0 Å². The molecule has 19 heavy (non-hydrogen) atoms. The summed E-state index contributed by atoms with van der Waals surface area (Å²) in [5, 5.41) is 2.76. The lowest BCUT2D eigenvalue weighted by Gasteiger charge is -2.15. The second-order valence-corrected chi connectivity index (χ2v) is 4.18. The summed E-state index contributed by atoms with van der Waals surface area (Å²) in [4.78, 5) is 7.35. The van der Waals surface area contributed by atoms with E-state index in [1.54, 1.807) is 6.26 Å². The van der Waals surface area contributed by atoms with E-state index in [1.165, 1.54) is 14.2 Å². The van der Waals surface area contributed by atoms with Crippen molar-refractivity contribution in [3.8, 4) is 0 Å². The van der Waals surface area contributed by atoms with E-state index < -0.39 is 18.2 Å². The molecule has 0 spiro atoms. The zero-order chi connectivity index (χ0) is 14.5. The molecule has 0 bridgehead atoms. The molecule has 0 radical (unpaired) electrons. The summed E-state index contributed by atoms with van der Waals surface area (Å²) < 4.78 is 47.8. The maximum atomic E-state index is 12.6. The van der Waals surface area contributed by atoms with Crippen LogP contribution >= 0.6 is 11.8 Å². The molecule has 0 amide bonds. The zero-order valence-corrected chi connectivity index (χ0v) is 11.4. The molecule has 0 aliphatic heterocycles. The molecule has 0 fully saturated rings. The van der Waals surface area contributed by atoms with Gasteiger partial charge in [-0.25, -0.2) is 9.97 Å². The lowest BCUT2D eigenvalue weighted by atomic mass is 10.4. The Morgan fingerprint density at radius 1 is 1.32 bits per heavy atom. The van der Waals surface area contributed by atoms with Gasteiger partial charge in [-0.2, -0.15) is 13.2 Å². The molecule has 0 atom stereocenters. The van der Waals surface area contributed by atoms with Crippen LogP contribution in [0.25, 0.3) is 0 Å². The Kier molecular flexibility index (Phi) is 5.83. The number of hydrogen-bond acceptors (Lipinski definition) is 6. The Bertz CT molecular complexity index is 413. The van der Waals surface area contributed by atoms with Gasteiger partial charge in [0.2, 0.25) is 0 Å². The molecule has 108 valence electrons. The van der Waals surface area contributed by atoms with Crippen LogP contribution in [0.3, 0.4) is 0 Å². The van der Waals surface area contributed by atoms with Crippen molar-refractivity contribution in [1.82, 2.24) is 9.97 Å². The maximum Gasteiger partial charge on any atom is 0.433 e. The Balaban J connectivity index is 2.88. The van der Waals surface area contributed by atoms with Gasteiger partial charge in [-0.15, -0.1) is 0 Å². The third-order valence-corrected chi connectivity index (χ3v) is 2.70. The van der Waals surface area contributed by atoms with E-state index in [4.69, 9.17) is 9.47 Å². The predicted octanol–water partition coefficient (Wildman–Crippen LogP) is 2.25. The summed E-state index contributed by atoms with van der Waals surface area (Å²) >= 11 is 1.03. The first-order valence-corrected chi connectivity index (χ1v) is 6.43. The van der Waals surface area contributed by atoms with Crippen LogP contribution in [-0.4, -0.2) is 43.3 Å². The molecule has 1 heterocycles. The number of hydrogen-bond donors (Lipinski definition) is 1. The van der Waals surface area contributed by atoms with Crippen molar-refractivity contribution in [2.75, 3.05) is 32.3 Å². The number of aromatic nitrogens is 2. The van der Waals surface area contributed by atoms with Gasteiger partial charge in [0.25, 0.3) is 0 Å². The molecule has 9 heteroatoms. The van der Waals surface area contributed by atoms with Gasteiger partial charge >= 0.3 is 6.18 Å². The summed E-state index contributed by atoms with van der Waals surface area (Å²) in [6.07, 6.45) is -3.47. The summed E-state index contributed by atoms with van der Waals surface area (Å²) in [7, 11) is 2.87. The van der Waals surface area contributed by atoms with Gasteiger partial charge < -0.3 is 14.8 Å². The predicted molar refractivity (Wildman–Crippen MR) is 65.1 cm³/mol. The second kappa shape index (κ2) is 6.92. The topological polar surface area (TPSA) is 56.3 Å². The number of anilines is 1. The van der Waals surface area contributed by atoms with Crippen molar-refractivity contribution in [1.29, 1.82) is 0 Å². The van der Waals surface area contributed by atoms with E-state index in [-0.39, 0.29) is 17.5 Å². The van der Waals surface area contributed by atoms with Gasteiger partial charge in [0.15, 0.2) is 17.1 Å². The normalized spacial score (nSPS) is 11.9. The standard InChI is InChI=1S/C10H14F3N3O2S/c1-17-8(18-2)5-14-7-4-6(10(11,12)13)15-9(16-7)19-3/h4,8H,5H2,1-3H3,(H,14,15,16). The highest BCUT2D eigenvalue weighted by molar-refractivity contribution is 7.98. The van der Waals surface area contributed by atoms with Gasteiger partial charge in [-0.1, -0.05) is 11.8 Å². The average Bonchev–Trinajstić information content (AvgIpc) is 2.38. The van der Waals surface area contributed by atoms with Crippen LogP contribution in [-0.2, 0) is 15.7 Å². The Hall–Kier alpha value is -1.06. The maximum absolute atomic E-state index is 12.6. The SMILES string of the molecule is COC(CNc1cc(C(F)(F)F)nc(SC)n1)OC. The van der Waals surface area contributed by atoms with Crippen LogP contribution in [0, 0.1) is 0 Å². The molecule has 5 nitrogen and oxygen atoms in total.